The van der Waals surface area contributed by atoms with Crippen LogP contribution in [-0.2, 0) is 0 Å². The first-order chi connectivity index (χ1) is 9.52. The summed E-state index contributed by atoms with van der Waals surface area (Å²) in [7, 11) is 1.83. The van der Waals surface area contributed by atoms with Crippen molar-refractivity contribution >= 4 is 0 Å². The number of benzene rings is 1. The van der Waals surface area contributed by atoms with Crippen LogP contribution >= 0.6 is 0 Å². The molecule has 0 radical (unpaired) electrons. The van der Waals surface area contributed by atoms with E-state index in [0.717, 1.165) is 5.56 Å². The Balaban J connectivity index is 2.32. The fraction of sp³-hybridized carbons (Fsp3) is 0.400. The molecular weight excluding hydrogens is 257 g/mol. The van der Waals surface area contributed by atoms with Crippen LogP contribution in [0.15, 0.2) is 30.6 Å². The minimum atomic E-state index is -0.373. The molecule has 1 N–H and O–H groups in total. The Labute approximate surface area is 118 Å². The predicted molar refractivity (Wildman–Crippen MR) is 76.6 cm³/mol. The van der Waals surface area contributed by atoms with Gasteiger partial charge in [0, 0.05) is 17.6 Å². The second-order valence-electron chi connectivity index (χ2n) is 5.02. The predicted octanol–water partition coefficient (Wildman–Crippen LogP) is 3.68. The largest absolute Gasteiger partial charge is 0.451 e. The summed E-state index contributed by atoms with van der Waals surface area (Å²) in [6.45, 7) is 6.00. The van der Waals surface area contributed by atoms with Gasteiger partial charge < -0.3 is 10.1 Å². The van der Waals surface area contributed by atoms with E-state index < -0.39 is 0 Å². The summed E-state index contributed by atoms with van der Waals surface area (Å²) in [5, 5.41) is 7.28. The maximum absolute atomic E-state index is 14.0. The van der Waals surface area contributed by atoms with Crippen LogP contribution in [0.2, 0.25) is 0 Å². The number of nitrogens with one attached hydrogen (secondary N) is 1. The number of ether oxygens (including phenoxy) is 1. The highest BCUT2D eigenvalue weighted by Crippen LogP contribution is 2.32. The molecule has 0 aliphatic rings. The van der Waals surface area contributed by atoms with E-state index >= 15 is 0 Å². The molecule has 1 atom stereocenters. The molecule has 0 spiro atoms. The number of hydrogen-bond acceptors (Lipinski definition) is 3. The van der Waals surface area contributed by atoms with Crippen LogP contribution in [0.4, 0.5) is 4.39 Å². The summed E-state index contributed by atoms with van der Waals surface area (Å²) < 4.78 is 21.5. The number of halogens is 1. The lowest BCUT2D eigenvalue weighted by Crippen LogP contribution is -2.13. The molecule has 0 amide bonds. The molecule has 1 heterocycles. The number of aromatic nitrogens is 2. The summed E-state index contributed by atoms with van der Waals surface area (Å²) in [4.78, 5) is 0. The molecule has 4 nitrogen and oxygen atoms in total. The highest BCUT2D eigenvalue weighted by Gasteiger charge is 2.16. The van der Waals surface area contributed by atoms with Crippen LogP contribution in [0.5, 0.6) is 11.5 Å². The second kappa shape index (κ2) is 6.05. The van der Waals surface area contributed by atoms with Crippen molar-refractivity contribution in [3.05, 3.63) is 42.0 Å². The minimum Gasteiger partial charge on any atom is -0.451 e. The van der Waals surface area contributed by atoms with Crippen molar-refractivity contribution in [3.63, 3.8) is 0 Å². The van der Waals surface area contributed by atoms with E-state index in [9.17, 15) is 4.39 Å². The van der Waals surface area contributed by atoms with Crippen LogP contribution in [0.3, 0.4) is 0 Å². The Hall–Kier alpha value is -1.88. The lowest BCUT2D eigenvalue weighted by Gasteiger charge is -2.16. The Morgan fingerprint density at radius 2 is 2.05 bits per heavy atom. The van der Waals surface area contributed by atoms with Gasteiger partial charge in [0.1, 0.15) is 0 Å². The Morgan fingerprint density at radius 1 is 1.30 bits per heavy atom. The first kappa shape index (κ1) is 14.5. The van der Waals surface area contributed by atoms with Crippen LogP contribution in [0.25, 0.3) is 0 Å². The molecular formula is C15H20FN3O. The average Bonchev–Trinajstić information content (AvgIpc) is 2.89. The smallest absolute Gasteiger partial charge is 0.167 e. The lowest BCUT2D eigenvalue weighted by atomic mass is 10.1. The maximum Gasteiger partial charge on any atom is 0.167 e. The third-order valence-corrected chi connectivity index (χ3v) is 3.22. The monoisotopic (exact) mass is 277 g/mol. The van der Waals surface area contributed by atoms with Crippen LogP contribution in [-0.4, -0.2) is 16.8 Å². The van der Waals surface area contributed by atoms with Gasteiger partial charge >= 0.3 is 0 Å². The number of rotatable bonds is 5. The van der Waals surface area contributed by atoms with E-state index in [2.05, 4.69) is 10.4 Å². The molecule has 1 unspecified atom stereocenters. The van der Waals surface area contributed by atoms with Gasteiger partial charge in [-0.05, 0) is 33.9 Å². The van der Waals surface area contributed by atoms with Gasteiger partial charge in [0.2, 0.25) is 0 Å². The molecule has 0 saturated carbocycles. The van der Waals surface area contributed by atoms with Crippen molar-refractivity contribution in [2.45, 2.75) is 32.9 Å². The van der Waals surface area contributed by atoms with Crippen molar-refractivity contribution in [1.29, 1.82) is 0 Å². The summed E-state index contributed by atoms with van der Waals surface area (Å²) >= 11 is 0. The zero-order chi connectivity index (χ0) is 14.7. The van der Waals surface area contributed by atoms with E-state index in [4.69, 9.17) is 4.74 Å². The average molecular weight is 277 g/mol. The summed E-state index contributed by atoms with van der Waals surface area (Å²) in [6, 6.07) is 5.17. The summed E-state index contributed by atoms with van der Waals surface area (Å²) in [5.41, 5.74) is 0.782. The molecule has 1 aromatic heterocycles. The van der Waals surface area contributed by atoms with Gasteiger partial charge in [0.05, 0.1) is 12.4 Å². The van der Waals surface area contributed by atoms with E-state index in [1.54, 1.807) is 23.1 Å². The van der Waals surface area contributed by atoms with Gasteiger partial charge in [-0.15, -0.1) is 0 Å². The molecule has 0 fully saturated rings. The highest BCUT2D eigenvalue weighted by molar-refractivity contribution is 5.40. The second-order valence-corrected chi connectivity index (χ2v) is 5.02. The van der Waals surface area contributed by atoms with Crippen molar-refractivity contribution < 1.29 is 9.13 Å². The van der Waals surface area contributed by atoms with Gasteiger partial charge in [0.15, 0.2) is 17.3 Å². The van der Waals surface area contributed by atoms with E-state index in [-0.39, 0.29) is 23.7 Å². The molecule has 20 heavy (non-hydrogen) atoms. The molecule has 1 aromatic carbocycles. The Morgan fingerprint density at radius 3 is 2.65 bits per heavy atom. The van der Waals surface area contributed by atoms with Crippen LogP contribution in [0.1, 0.15) is 38.4 Å². The van der Waals surface area contributed by atoms with E-state index in [1.807, 2.05) is 33.9 Å². The first-order valence-electron chi connectivity index (χ1n) is 6.70. The Kier molecular flexibility index (Phi) is 4.39. The topological polar surface area (TPSA) is 39.1 Å². The van der Waals surface area contributed by atoms with Gasteiger partial charge in [-0.2, -0.15) is 5.10 Å². The highest BCUT2D eigenvalue weighted by atomic mass is 19.1. The van der Waals surface area contributed by atoms with E-state index in [1.165, 1.54) is 6.07 Å². The van der Waals surface area contributed by atoms with Gasteiger partial charge in [-0.3, -0.25) is 4.68 Å². The fourth-order valence-corrected chi connectivity index (χ4v) is 1.90. The molecule has 2 rings (SSSR count). The van der Waals surface area contributed by atoms with Gasteiger partial charge in [-0.25, -0.2) is 4.39 Å². The zero-order valence-electron chi connectivity index (χ0n) is 12.2. The quantitative estimate of drug-likeness (QED) is 0.906. The maximum atomic E-state index is 14.0. The summed E-state index contributed by atoms with van der Waals surface area (Å²) in [6.07, 6.45) is 3.37. The summed E-state index contributed by atoms with van der Waals surface area (Å²) in [5.74, 6) is 0.410. The number of nitrogens with zero attached hydrogens (tertiary/aromatic N) is 2. The Bertz CT molecular complexity index is 580. The standard InChI is InChI=1S/C15H20FN3O/c1-10(2)19-9-12(8-18-19)20-15-13(11(3)17-4)6-5-7-14(15)16/h5-11,17H,1-4H3. The third-order valence-electron chi connectivity index (χ3n) is 3.22. The van der Waals surface area contributed by atoms with Crippen LogP contribution in [0, 0.1) is 5.82 Å². The van der Waals surface area contributed by atoms with Crippen molar-refractivity contribution in [2.24, 2.45) is 0 Å². The van der Waals surface area contributed by atoms with Crippen molar-refractivity contribution in [1.82, 2.24) is 15.1 Å². The third kappa shape index (κ3) is 2.99. The number of hydrogen-bond donors (Lipinski definition) is 1. The molecule has 5 heteroatoms. The molecule has 2 aromatic rings. The first-order valence-corrected chi connectivity index (χ1v) is 6.70. The van der Waals surface area contributed by atoms with Gasteiger partial charge in [0.25, 0.3) is 0 Å². The molecule has 0 aliphatic heterocycles. The number of para-hydroxylation sites is 1. The SMILES string of the molecule is CNC(C)c1cccc(F)c1Oc1cnn(C(C)C)c1. The van der Waals surface area contributed by atoms with Crippen molar-refractivity contribution in [3.8, 4) is 11.5 Å². The zero-order valence-corrected chi connectivity index (χ0v) is 12.2. The van der Waals surface area contributed by atoms with E-state index in [0.29, 0.717) is 5.75 Å². The molecule has 0 saturated heterocycles. The normalized spacial score (nSPS) is 12.7. The molecule has 0 bridgehead atoms. The molecule has 108 valence electrons. The van der Waals surface area contributed by atoms with Crippen LogP contribution < -0.4 is 10.1 Å². The van der Waals surface area contributed by atoms with Gasteiger partial charge in [-0.1, -0.05) is 12.1 Å². The fourth-order valence-electron chi connectivity index (χ4n) is 1.90. The molecule has 0 aliphatic carbocycles. The lowest BCUT2D eigenvalue weighted by molar-refractivity contribution is 0.426. The minimum absolute atomic E-state index is 0.000781. The van der Waals surface area contributed by atoms with Crippen molar-refractivity contribution in [2.75, 3.05) is 7.05 Å².